The van der Waals surface area contributed by atoms with Crippen molar-refractivity contribution in [3.8, 4) is 0 Å². The van der Waals surface area contributed by atoms with Crippen molar-refractivity contribution in [2.24, 2.45) is 4.99 Å². The smallest absolute Gasteiger partial charge is 0.191 e. The van der Waals surface area contributed by atoms with Gasteiger partial charge >= 0.3 is 0 Å². The Morgan fingerprint density at radius 2 is 2.18 bits per heavy atom. The van der Waals surface area contributed by atoms with E-state index in [-0.39, 0.29) is 0 Å². The van der Waals surface area contributed by atoms with Crippen LogP contribution in [-0.4, -0.2) is 40.3 Å². The van der Waals surface area contributed by atoms with Crippen molar-refractivity contribution in [1.82, 2.24) is 20.4 Å². The molecule has 1 atom stereocenters. The molecular formula is C16H27N5S. The van der Waals surface area contributed by atoms with E-state index in [1.165, 1.54) is 44.3 Å². The Kier molecular flexibility index (Phi) is 5.64. The first-order valence-corrected chi connectivity index (χ1v) is 9.50. The first-order chi connectivity index (χ1) is 10.8. The molecule has 0 amide bonds. The van der Waals surface area contributed by atoms with E-state index in [9.17, 15) is 0 Å². The zero-order chi connectivity index (χ0) is 15.2. The molecule has 0 radical (unpaired) electrons. The summed E-state index contributed by atoms with van der Waals surface area (Å²) in [5.74, 6) is 2.18. The standard InChI is InChI=1S/C16H27N5S/c1-17-16(19-12-15-7-4-10-22-15)18-11-13-8-9-21(20-13)14-5-2-3-6-14/h8-9,14-15H,2-7,10-12H2,1H3,(H2,17,18,19). The van der Waals surface area contributed by atoms with Gasteiger partial charge in [0, 0.05) is 25.0 Å². The van der Waals surface area contributed by atoms with Crippen LogP contribution in [0.1, 0.15) is 50.3 Å². The highest BCUT2D eigenvalue weighted by molar-refractivity contribution is 8.00. The van der Waals surface area contributed by atoms with Gasteiger partial charge in [0.25, 0.3) is 0 Å². The number of guanidine groups is 1. The van der Waals surface area contributed by atoms with Crippen LogP contribution in [0.2, 0.25) is 0 Å². The van der Waals surface area contributed by atoms with Crippen LogP contribution in [-0.2, 0) is 6.54 Å². The van der Waals surface area contributed by atoms with Crippen molar-refractivity contribution in [3.63, 3.8) is 0 Å². The molecule has 6 heteroatoms. The van der Waals surface area contributed by atoms with Crippen LogP contribution in [0.15, 0.2) is 17.3 Å². The minimum absolute atomic E-state index is 0.616. The summed E-state index contributed by atoms with van der Waals surface area (Å²) < 4.78 is 2.15. The number of hydrogen-bond donors (Lipinski definition) is 2. The van der Waals surface area contributed by atoms with Crippen LogP contribution in [0.3, 0.4) is 0 Å². The number of thioether (sulfide) groups is 1. The van der Waals surface area contributed by atoms with Gasteiger partial charge in [0.2, 0.25) is 0 Å². The number of aromatic nitrogens is 2. The monoisotopic (exact) mass is 321 g/mol. The van der Waals surface area contributed by atoms with Gasteiger partial charge in [-0.3, -0.25) is 9.67 Å². The zero-order valence-corrected chi connectivity index (χ0v) is 14.2. The van der Waals surface area contributed by atoms with E-state index in [1.807, 2.05) is 7.05 Å². The van der Waals surface area contributed by atoms with Gasteiger partial charge in [-0.25, -0.2) is 0 Å². The summed E-state index contributed by atoms with van der Waals surface area (Å²) in [5, 5.41) is 12.2. The molecule has 1 aliphatic carbocycles. The topological polar surface area (TPSA) is 54.2 Å². The molecule has 3 rings (SSSR count). The third kappa shape index (κ3) is 4.18. The largest absolute Gasteiger partial charge is 0.355 e. The van der Waals surface area contributed by atoms with E-state index < -0.39 is 0 Å². The highest BCUT2D eigenvalue weighted by Crippen LogP contribution is 2.28. The molecule has 0 spiro atoms. The number of hydrogen-bond acceptors (Lipinski definition) is 3. The number of nitrogens with one attached hydrogen (secondary N) is 2. The fraction of sp³-hybridized carbons (Fsp3) is 0.750. The van der Waals surface area contributed by atoms with Gasteiger partial charge in [0.15, 0.2) is 5.96 Å². The molecule has 0 bridgehead atoms. The lowest BCUT2D eigenvalue weighted by Crippen LogP contribution is -2.39. The quantitative estimate of drug-likeness (QED) is 0.646. The molecule has 2 fully saturated rings. The second-order valence-corrected chi connectivity index (χ2v) is 7.58. The van der Waals surface area contributed by atoms with Crippen LogP contribution in [0.25, 0.3) is 0 Å². The lowest BCUT2D eigenvalue weighted by Gasteiger charge is -2.14. The summed E-state index contributed by atoms with van der Waals surface area (Å²) in [7, 11) is 1.83. The predicted octanol–water partition coefficient (Wildman–Crippen LogP) is 2.56. The molecule has 2 heterocycles. The summed E-state index contributed by atoms with van der Waals surface area (Å²) in [4.78, 5) is 4.30. The Morgan fingerprint density at radius 1 is 1.32 bits per heavy atom. The maximum Gasteiger partial charge on any atom is 0.191 e. The van der Waals surface area contributed by atoms with Crippen LogP contribution in [0.5, 0.6) is 0 Å². The summed E-state index contributed by atoms with van der Waals surface area (Å²) in [6, 6.07) is 2.73. The molecular weight excluding hydrogens is 294 g/mol. The van der Waals surface area contributed by atoms with Crippen molar-refractivity contribution in [2.75, 3.05) is 19.3 Å². The Hall–Kier alpha value is -1.17. The Morgan fingerprint density at radius 3 is 2.91 bits per heavy atom. The molecule has 1 aliphatic heterocycles. The molecule has 0 aromatic carbocycles. The van der Waals surface area contributed by atoms with Crippen molar-refractivity contribution < 1.29 is 0 Å². The van der Waals surface area contributed by atoms with Gasteiger partial charge in [-0.05, 0) is 37.5 Å². The molecule has 2 N–H and O–H groups in total. The van der Waals surface area contributed by atoms with Crippen LogP contribution < -0.4 is 10.6 Å². The normalized spacial score (nSPS) is 23.1. The second-order valence-electron chi connectivity index (χ2n) is 6.17. The highest BCUT2D eigenvalue weighted by atomic mass is 32.2. The molecule has 2 aliphatic rings. The van der Waals surface area contributed by atoms with E-state index in [1.54, 1.807) is 0 Å². The number of nitrogens with zero attached hydrogens (tertiary/aromatic N) is 3. The Labute approximate surface area is 137 Å². The number of aliphatic imine (C=N–C) groups is 1. The van der Waals surface area contributed by atoms with E-state index in [0.717, 1.165) is 30.0 Å². The van der Waals surface area contributed by atoms with E-state index >= 15 is 0 Å². The fourth-order valence-electron chi connectivity index (χ4n) is 3.25. The fourth-order valence-corrected chi connectivity index (χ4v) is 4.46. The summed E-state index contributed by atoms with van der Waals surface area (Å²) in [6.45, 7) is 1.73. The lowest BCUT2D eigenvalue weighted by atomic mass is 10.2. The average molecular weight is 321 g/mol. The molecule has 1 aromatic heterocycles. The minimum Gasteiger partial charge on any atom is -0.355 e. The van der Waals surface area contributed by atoms with E-state index in [2.05, 4.69) is 44.3 Å². The van der Waals surface area contributed by atoms with Crippen LogP contribution in [0.4, 0.5) is 0 Å². The second kappa shape index (κ2) is 7.90. The lowest BCUT2D eigenvalue weighted by molar-refractivity contribution is 0.462. The SMILES string of the molecule is CN=C(NCc1ccn(C2CCCC2)n1)NCC1CCCS1. The third-order valence-corrected chi connectivity index (χ3v) is 5.94. The van der Waals surface area contributed by atoms with Gasteiger partial charge in [-0.1, -0.05) is 12.8 Å². The van der Waals surface area contributed by atoms with Gasteiger partial charge in [-0.2, -0.15) is 16.9 Å². The maximum atomic E-state index is 4.70. The zero-order valence-electron chi connectivity index (χ0n) is 13.4. The first kappa shape index (κ1) is 15.7. The minimum atomic E-state index is 0.616. The highest BCUT2D eigenvalue weighted by Gasteiger charge is 2.18. The van der Waals surface area contributed by atoms with Crippen molar-refractivity contribution in [2.45, 2.75) is 56.4 Å². The summed E-state index contributed by atoms with van der Waals surface area (Å²) in [6.07, 6.45) is 10.0. The molecule has 1 unspecified atom stereocenters. The number of rotatable bonds is 5. The van der Waals surface area contributed by atoms with Gasteiger partial charge in [0.1, 0.15) is 0 Å². The van der Waals surface area contributed by atoms with E-state index in [0.29, 0.717) is 6.04 Å². The van der Waals surface area contributed by atoms with Crippen molar-refractivity contribution >= 4 is 17.7 Å². The van der Waals surface area contributed by atoms with Crippen LogP contribution in [0, 0.1) is 0 Å². The summed E-state index contributed by atoms with van der Waals surface area (Å²) >= 11 is 2.07. The Balaban J connectivity index is 1.43. The molecule has 122 valence electrons. The molecule has 1 aromatic rings. The van der Waals surface area contributed by atoms with Gasteiger partial charge in [-0.15, -0.1) is 0 Å². The summed E-state index contributed by atoms with van der Waals surface area (Å²) in [5.41, 5.74) is 1.09. The van der Waals surface area contributed by atoms with Crippen molar-refractivity contribution in [3.05, 3.63) is 18.0 Å². The first-order valence-electron chi connectivity index (χ1n) is 8.45. The van der Waals surface area contributed by atoms with Crippen molar-refractivity contribution in [1.29, 1.82) is 0 Å². The van der Waals surface area contributed by atoms with Gasteiger partial charge in [0.05, 0.1) is 18.3 Å². The molecule has 5 nitrogen and oxygen atoms in total. The third-order valence-electron chi connectivity index (χ3n) is 4.54. The predicted molar refractivity (Wildman–Crippen MR) is 93.4 cm³/mol. The van der Waals surface area contributed by atoms with Gasteiger partial charge < -0.3 is 10.6 Å². The van der Waals surface area contributed by atoms with E-state index in [4.69, 9.17) is 5.10 Å². The maximum absolute atomic E-state index is 4.70. The average Bonchev–Trinajstić information content (AvgIpc) is 3.29. The Bertz CT molecular complexity index is 486. The molecule has 22 heavy (non-hydrogen) atoms. The van der Waals surface area contributed by atoms with Crippen LogP contribution >= 0.6 is 11.8 Å². The molecule has 1 saturated heterocycles. The molecule has 1 saturated carbocycles.